The maximum atomic E-state index is 11.4. The van der Waals surface area contributed by atoms with Gasteiger partial charge in [-0.2, -0.15) is 5.26 Å². The zero-order valence-electron chi connectivity index (χ0n) is 9.79. The molecule has 0 aliphatic heterocycles. The molecular formula is C12H12N2O4. The maximum absolute atomic E-state index is 11.4. The average Bonchev–Trinajstić information content (AvgIpc) is 2.35. The second-order valence-corrected chi connectivity index (χ2v) is 4.07. The van der Waals surface area contributed by atoms with Crippen LogP contribution in [0, 0.1) is 21.4 Å². The summed E-state index contributed by atoms with van der Waals surface area (Å²) < 4.78 is 0. The second kappa shape index (κ2) is 5.27. The van der Waals surface area contributed by atoms with E-state index in [-0.39, 0.29) is 24.1 Å². The van der Waals surface area contributed by atoms with Crippen molar-refractivity contribution in [1.29, 1.82) is 5.26 Å². The highest BCUT2D eigenvalue weighted by Crippen LogP contribution is 2.35. The first-order valence-corrected chi connectivity index (χ1v) is 5.27. The topological polar surface area (TPSA) is 104 Å². The van der Waals surface area contributed by atoms with Gasteiger partial charge in [0.1, 0.15) is 0 Å². The Hall–Kier alpha value is -2.42. The average molecular weight is 248 g/mol. The lowest BCUT2D eigenvalue weighted by molar-refractivity contribution is -0.386. The van der Waals surface area contributed by atoms with E-state index in [1.54, 1.807) is 6.07 Å². The molecule has 1 rings (SSSR count). The Morgan fingerprint density at radius 2 is 2.17 bits per heavy atom. The second-order valence-electron chi connectivity index (χ2n) is 4.07. The van der Waals surface area contributed by atoms with Crippen molar-refractivity contribution in [2.24, 2.45) is 0 Å². The van der Waals surface area contributed by atoms with Crippen molar-refractivity contribution in [3.05, 3.63) is 39.9 Å². The molecule has 0 bridgehead atoms. The monoisotopic (exact) mass is 248 g/mol. The van der Waals surface area contributed by atoms with E-state index in [9.17, 15) is 20.0 Å². The molecule has 0 aliphatic carbocycles. The lowest BCUT2D eigenvalue weighted by atomic mass is 9.78. The molecule has 1 unspecified atom stereocenters. The standard InChI is InChI=1S/C12H12N2O4/c1-12(11(15)16,7-4-8-13)9-5-2-3-6-10(9)14(17)18/h2-3,5-6H,4,7H2,1H3,(H,15,16). The first kappa shape index (κ1) is 13.6. The maximum Gasteiger partial charge on any atom is 0.314 e. The van der Waals surface area contributed by atoms with Crippen LogP contribution in [-0.2, 0) is 10.2 Å². The van der Waals surface area contributed by atoms with Crippen LogP contribution in [0.4, 0.5) is 5.69 Å². The number of carboxylic acid groups (broad SMARTS) is 1. The molecular weight excluding hydrogens is 236 g/mol. The fourth-order valence-electron chi connectivity index (χ4n) is 1.76. The van der Waals surface area contributed by atoms with Crippen molar-refractivity contribution in [3.8, 4) is 6.07 Å². The third-order valence-electron chi connectivity index (χ3n) is 2.90. The van der Waals surface area contributed by atoms with Gasteiger partial charge in [-0.1, -0.05) is 18.2 Å². The van der Waals surface area contributed by atoms with Gasteiger partial charge in [-0.3, -0.25) is 14.9 Å². The molecule has 0 radical (unpaired) electrons. The number of carbonyl (C=O) groups is 1. The molecule has 0 amide bonds. The van der Waals surface area contributed by atoms with E-state index in [0.717, 1.165) is 0 Å². The van der Waals surface area contributed by atoms with Crippen LogP contribution in [0.1, 0.15) is 25.3 Å². The predicted octanol–water partition coefficient (Wildman–Crippen LogP) is 2.24. The molecule has 0 saturated carbocycles. The fourth-order valence-corrected chi connectivity index (χ4v) is 1.76. The number of hydrogen-bond donors (Lipinski definition) is 1. The van der Waals surface area contributed by atoms with Crippen molar-refractivity contribution >= 4 is 11.7 Å². The van der Waals surface area contributed by atoms with Crippen LogP contribution < -0.4 is 0 Å². The van der Waals surface area contributed by atoms with Gasteiger partial charge in [-0.25, -0.2) is 0 Å². The molecule has 0 saturated heterocycles. The number of nitro benzene ring substituents is 1. The van der Waals surface area contributed by atoms with Crippen LogP contribution in [0.3, 0.4) is 0 Å². The Labute approximate surface area is 104 Å². The van der Waals surface area contributed by atoms with Crippen LogP contribution >= 0.6 is 0 Å². The largest absolute Gasteiger partial charge is 0.481 e. The molecule has 6 heteroatoms. The Morgan fingerprint density at radius 3 is 2.67 bits per heavy atom. The normalized spacial score (nSPS) is 13.3. The Kier molecular flexibility index (Phi) is 4.00. The Morgan fingerprint density at radius 1 is 1.56 bits per heavy atom. The minimum atomic E-state index is -1.43. The number of para-hydroxylation sites is 1. The predicted molar refractivity (Wildman–Crippen MR) is 62.9 cm³/mol. The number of aliphatic carboxylic acids is 1. The summed E-state index contributed by atoms with van der Waals surface area (Å²) in [6.07, 6.45) is 0.0541. The minimum absolute atomic E-state index is 0.0227. The highest BCUT2D eigenvalue weighted by molar-refractivity contribution is 5.82. The van der Waals surface area contributed by atoms with E-state index in [2.05, 4.69) is 0 Å². The number of nitro groups is 1. The molecule has 1 N–H and O–H groups in total. The van der Waals surface area contributed by atoms with Gasteiger partial charge >= 0.3 is 5.97 Å². The SMILES string of the molecule is CC(CCC#N)(C(=O)O)c1ccccc1[N+](=O)[O-]. The van der Waals surface area contributed by atoms with Crippen molar-refractivity contribution in [1.82, 2.24) is 0 Å². The molecule has 0 aromatic heterocycles. The van der Waals surface area contributed by atoms with E-state index in [4.69, 9.17) is 5.26 Å². The van der Waals surface area contributed by atoms with Gasteiger partial charge in [0.25, 0.3) is 5.69 Å². The molecule has 94 valence electrons. The number of hydrogen-bond acceptors (Lipinski definition) is 4. The Balaban J connectivity index is 3.35. The number of nitrogens with zero attached hydrogens (tertiary/aromatic N) is 2. The fraction of sp³-hybridized carbons (Fsp3) is 0.333. The zero-order chi connectivity index (χ0) is 13.8. The molecule has 0 fully saturated rings. The van der Waals surface area contributed by atoms with Crippen molar-refractivity contribution < 1.29 is 14.8 Å². The van der Waals surface area contributed by atoms with E-state index in [0.29, 0.717) is 0 Å². The quantitative estimate of drug-likeness (QED) is 0.635. The zero-order valence-corrected chi connectivity index (χ0v) is 9.79. The lowest BCUT2D eigenvalue weighted by Gasteiger charge is -2.23. The van der Waals surface area contributed by atoms with Gasteiger partial charge in [-0.05, 0) is 13.3 Å². The van der Waals surface area contributed by atoms with E-state index in [1.807, 2.05) is 6.07 Å². The summed E-state index contributed by atoms with van der Waals surface area (Å²) in [5, 5.41) is 28.8. The summed E-state index contributed by atoms with van der Waals surface area (Å²) in [5.74, 6) is -1.17. The number of carboxylic acids is 1. The van der Waals surface area contributed by atoms with Crippen LogP contribution in [0.15, 0.2) is 24.3 Å². The summed E-state index contributed by atoms with van der Waals surface area (Å²) >= 11 is 0. The van der Waals surface area contributed by atoms with Gasteiger partial charge < -0.3 is 5.11 Å². The summed E-state index contributed by atoms with van der Waals surface area (Å²) in [6, 6.07) is 7.58. The van der Waals surface area contributed by atoms with Gasteiger partial charge in [0.15, 0.2) is 0 Å². The molecule has 6 nitrogen and oxygen atoms in total. The minimum Gasteiger partial charge on any atom is -0.481 e. The lowest BCUT2D eigenvalue weighted by Crippen LogP contribution is -2.33. The molecule has 1 aromatic rings. The first-order chi connectivity index (χ1) is 8.43. The van der Waals surface area contributed by atoms with Gasteiger partial charge in [0, 0.05) is 18.1 Å². The van der Waals surface area contributed by atoms with Crippen LogP contribution in [0.25, 0.3) is 0 Å². The van der Waals surface area contributed by atoms with Crippen LogP contribution in [0.5, 0.6) is 0 Å². The van der Waals surface area contributed by atoms with E-state index >= 15 is 0 Å². The van der Waals surface area contributed by atoms with E-state index in [1.165, 1.54) is 25.1 Å². The summed E-state index contributed by atoms with van der Waals surface area (Å²) in [7, 11) is 0. The van der Waals surface area contributed by atoms with Crippen LogP contribution in [0.2, 0.25) is 0 Å². The summed E-state index contributed by atoms with van der Waals surface area (Å²) in [5.41, 5.74) is -1.54. The first-order valence-electron chi connectivity index (χ1n) is 5.27. The van der Waals surface area contributed by atoms with E-state index < -0.39 is 16.3 Å². The molecule has 0 aliphatic rings. The summed E-state index contributed by atoms with van der Waals surface area (Å²) in [6.45, 7) is 1.40. The molecule has 0 heterocycles. The molecule has 0 spiro atoms. The van der Waals surface area contributed by atoms with Gasteiger partial charge in [0.2, 0.25) is 0 Å². The van der Waals surface area contributed by atoms with Crippen molar-refractivity contribution in [3.63, 3.8) is 0 Å². The number of nitriles is 1. The molecule has 1 atom stereocenters. The molecule has 18 heavy (non-hydrogen) atoms. The summed E-state index contributed by atoms with van der Waals surface area (Å²) in [4.78, 5) is 21.7. The third kappa shape index (κ3) is 2.46. The van der Waals surface area contributed by atoms with Crippen molar-refractivity contribution in [2.75, 3.05) is 0 Å². The highest BCUT2D eigenvalue weighted by Gasteiger charge is 2.39. The van der Waals surface area contributed by atoms with Gasteiger partial charge in [-0.15, -0.1) is 0 Å². The van der Waals surface area contributed by atoms with Crippen molar-refractivity contribution in [2.45, 2.75) is 25.2 Å². The third-order valence-corrected chi connectivity index (χ3v) is 2.90. The smallest absolute Gasteiger partial charge is 0.314 e. The van der Waals surface area contributed by atoms with Crippen LogP contribution in [-0.4, -0.2) is 16.0 Å². The Bertz CT molecular complexity index is 521. The number of rotatable bonds is 5. The molecule has 1 aromatic carbocycles. The number of benzene rings is 1. The van der Waals surface area contributed by atoms with Gasteiger partial charge in [0.05, 0.1) is 16.4 Å². The highest BCUT2D eigenvalue weighted by atomic mass is 16.6.